The van der Waals surface area contributed by atoms with Crippen LogP contribution in [0.3, 0.4) is 0 Å². The van der Waals surface area contributed by atoms with Gasteiger partial charge in [0.1, 0.15) is 0 Å². The average molecular weight is 128 g/mol. The van der Waals surface area contributed by atoms with Gasteiger partial charge >= 0.3 is 0 Å². The topological polar surface area (TPSA) is 15.3 Å². The highest BCUT2D eigenvalue weighted by Gasteiger charge is 1.79. The zero-order valence-corrected chi connectivity index (χ0v) is 6.52. The Hall–Kier alpha value is -0.660. The van der Waals surface area contributed by atoms with Crippen LogP contribution in [-0.4, -0.2) is 25.0 Å². The van der Waals surface area contributed by atoms with Crippen molar-refractivity contribution in [3.8, 4) is 0 Å². The van der Waals surface area contributed by atoms with Crippen LogP contribution in [0.2, 0.25) is 0 Å². The second-order valence-corrected chi connectivity index (χ2v) is 1.95. The monoisotopic (exact) mass is 128 g/mol. The van der Waals surface area contributed by atoms with Gasteiger partial charge in [-0.3, -0.25) is 0 Å². The third-order valence-corrected chi connectivity index (χ3v) is 1.15. The second-order valence-electron chi connectivity index (χ2n) is 1.95. The molecule has 2 nitrogen and oxygen atoms in total. The van der Waals surface area contributed by atoms with Gasteiger partial charge in [-0.05, 0) is 13.8 Å². The Balaban J connectivity index is 3.20. The molecule has 0 unspecified atom stereocenters. The number of hydrogen-bond acceptors (Lipinski definition) is 2. The largest absolute Gasteiger partial charge is 0.390 e. The van der Waals surface area contributed by atoms with Crippen molar-refractivity contribution in [3.63, 3.8) is 0 Å². The zero-order chi connectivity index (χ0) is 7.11. The van der Waals surface area contributed by atoms with Gasteiger partial charge in [0, 0.05) is 32.5 Å². The van der Waals surface area contributed by atoms with Gasteiger partial charge in [0.15, 0.2) is 0 Å². The molecule has 0 bridgehead atoms. The smallest absolute Gasteiger partial charge is 0.0147 e. The van der Waals surface area contributed by atoms with Crippen LogP contribution >= 0.6 is 0 Å². The van der Waals surface area contributed by atoms with E-state index in [0.717, 1.165) is 13.1 Å². The summed E-state index contributed by atoms with van der Waals surface area (Å²) in [5, 5.41) is 3.09. The van der Waals surface area contributed by atoms with Gasteiger partial charge < -0.3 is 10.2 Å². The fourth-order valence-electron chi connectivity index (χ4n) is 0.403. The first-order valence-electron chi connectivity index (χ1n) is 3.41. The van der Waals surface area contributed by atoms with Crippen LogP contribution in [-0.2, 0) is 0 Å². The lowest BCUT2D eigenvalue weighted by Gasteiger charge is -2.08. The molecule has 0 saturated heterocycles. The van der Waals surface area contributed by atoms with Crippen LogP contribution in [0.25, 0.3) is 0 Å². The average Bonchev–Trinajstić information content (AvgIpc) is 1.89. The first-order chi connectivity index (χ1) is 4.31. The molecule has 54 valence electrons. The van der Waals surface area contributed by atoms with Gasteiger partial charge in [0.05, 0.1) is 0 Å². The number of rotatable bonds is 4. The van der Waals surface area contributed by atoms with Crippen LogP contribution in [0.1, 0.15) is 13.8 Å². The van der Waals surface area contributed by atoms with E-state index in [2.05, 4.69) is 24.1 Å². The molecule has 2 heteroatoms. The molecule has 1 N–H and O–H groups in total. The minimum atomic E-state index is 0.994. The van der Waals surface area contributed by atoms with Crippen LogP contribution in [0.5, 0.6) is 0 Å². The normalized spacial score (nSPS) is 10.1. The van der Waals surface area contributed by atoms with Crippen LogP contribution in [0.4, 0.5) is 0 Å². The summed E-state index contributed by atoms with van der Waals surface area (Å²) in [5.41, 5.74) is 0. The number of nitrogens with zero attached hydrogens (tertiary/aromatic N) is 1. The lowest BCUT2D eigenvalue weighted by Crippen LogP contribution is -2.11. The molecule has 0 atom stereocenters. The van der Waals surface area contributed by atoms with Crippen molar-refractivity contribution >= 4 is 0 Å². The summed E-state index contributed by atoms with van der Waals surface area (Å²) in [6.07, 6.45) is 3.99. The first kappa shape index (κ1) is 8.34. The van der Waals surface area contributed by atoms with Crippen molar-refractivity contribution in [1.82, 2.24) is 10.2 Å². The van der Waals surface area contributed by atoms with Gasteiger partial charge in [-0.15, -0.1) is 0 Å². The molecule has 9 heavy (non-hydrogen) atoms. The Morgan fingerprint density at radius 2 is 2.11 bits per heavy atom. The maximum absolute atomic E-state index is 3.09. The maximum Gasteiger partial charge on any atom is 0.0147 e. The highest BCUT2D eigenvalue weighted by Crippen LogP contribution is 1.78. The van der Waals surface area contributed by atoms with E-state index in [-0.39, 0.29) is 0 Å². The zero-order valence-electron chi connectivity index (χ0n) is 6.52. The molecule has 0 aromatic heterocycles. The van der Waals surface area contributed by atoms with Gasteiger partial charge in [0.25, 0.3) is 0 Å². The van der Waals surface area contributed by atoms with Gasteiger partial charge in [0.2, 0.25) is 0 Å². The molecule has 0 saturated carbocycles. The van der Waals surface area contributed by atoms with Crippen molar-refractivity contribution in [2.75, 3.05) is 20.1 Å². The summed E-state index contributed by atoms with van der Waals surface area (Å²) in [6.45, 7) is 6.25. The minimum Gasteiger partial charge on any atom is -0.390 e. The molecule has 0 amide bonds. The van der Waals surface area contributed by atoms with E-state index in [1.807, 2.05) is 19.4 Å². The Kier molecular flexibility index (Phi) is 5.07. The van der Waals surface area contributed by atoms with E-state index in [1.165, 1.54) is 0 Å². The molecular weight excluding hydrogens is 112 g/mol. The van der Waals surface area contributed by atoms with Crippen LogP contribution in [0, 0.1) is 0 Å². The van der Waals surface area contributed by atoms with Crippen molar-refractivity contribution in [3.05, 3.63) is 12.4 Å². The molecule has 0 spiro atoms. The van der Waals surface area contributed by atoms with Gasteiger partial charge in [-0.1, -0.05) is 0 Å². The molecule has 0 heterocycles. The van der Waals surface area contributed by atoms with E-state index in [0.29, 0.717) is 0 Å². The summed E-state index contributed by atoms with van der Waals surface area (Å²) < 4.78 is 0. The fraction of sp³-hybridized carbons (Fsp3) is 0.714. The van der Waals surface area contributed by atoms with E-state index >= 15 is 0 Å². The first-order valence-corrected chi connectivity index (χ1v) is 3.41. The standard InChI is InChI=1S/C7H16N2/c1-4-8-6-7-9(3)5-2/h6-8H,4-5H2,1-3H3/b7-6-. The Bertz CT molecular complexity index is 79.0. The Morgan fingerprint density at radius 3 is 2.56 bits per heavy atom. The Labute approximate surface area is 57.5 Å². The highest BCUT2D eigenvalue weighted by atomic mass is 15.1. The highest BCUT2D eigenvalue weighted by molar-refractivity contribution is 4.76. The van der Waals surface area contributed by atoms with Crippen molar-refractivity contribution in [1.29, 1.82) is 0 Å². The minimum absolute atomic E-state index is 0.994. The van der Waals surface area contributed by atoms with Crippen LogP contribution < -0.4 is 5.32 Å². The van der Waals surface area contributed by atoms with Gasteiger partial charge in [-0.25, -0.2) is 0 Å². The molecule has 0 aliphatic rings. The van der Waals surface area contributed by atoms with Crippen molar-refractivity contribution in [2.24, 2.45) is 0 Å². The third-order valence-electron chi connectivity index (χ3n) is 1.15. The van der Waals surface area contributed by atoms with E-state index in [1.54, 1.807) is 0 Å². The Morgan fingerprint density at radius 1 is 1.44 bits per heavy atom. The molecule has 0 fully saturated rings. The SMILES string of the molecule is CCN/C=C\N(C)CC. The predicted molar refractivity (Wildman–Crippen MR) is 41.1 cm³/mol. The molecule has 0 aromatic rings. The van der Waals surface area contributed by atoms with E-state index < -0.39 is 0 Å². The van der Waals surface area contributed by atoms with Crippen LogP contribution in [0.15, 0.2) is 12.4 Å². The quantitative estimate of drug-likeness (QED) is 0.608. The fourth-order valence-corrected chi connectivity index (χ4v) is 0.403. The number of nitrogens with one attached hydrogen (secondary N) is 1. The summed E-state index contributed by atoms with van der Waals surface area (Å²) >= 11 is 0. The summed E-state index contributed by atoms with van der Waals surface area (Å²) in [7, 11) is 2.05. The van der Waals surface area contributed by atoms with Gasteiger partial charge in [-0.2, -0.15) is 0 Å². The van der Waals surface area contributed by atoms with Crippen molar-refractivity contribution in [2.45, 2.75) is 13.8 Å². The molecule has 0 aromatic carbocycles. The van der Waals surface area contributed by atoms with E-state index in [4.69, 9.17) is 0 Å². The summed E-state index contributed by atoms with van der Waals surface area (Å²) in [4.78, 5) is 2.11. The second kappa shape index (κ2) is 5.48. The lowest BCUT2D eigenvalue weighted by molar-refractivity contribution is 0.481. The summed E-state index contributed by atoms with van der Waals surface area (Å²) in [5.74, 6) is 0. The molecular formula is C7H16N2. The molecule has 0 rings (SSSR count). The summed E-state index contributed by atoms with van der Waals surface area (Å²) in [6, 6.07) is 0. The predicted octanol–water partition coefficient (Wildman–Crippen LogP) is 1.02. The molecule has 0 aliphatic heterocycles. The number of hydrogen-bond donors (Lipinski definition) is 1. The van der Waals surface area contributed by atoms with E-state index in [9.17, 15) is 0 Å². The molecule has 0 radical (unpaired) electrons. The maximum atomic E-state index is 3.09. The third kappa shape index (κ3) is 5.21. The lowest BCUT2D eigenvalue weighted by atomic mass is 10.6. The molecule has 0 aliphatic carbocycles. The van der Waals surface area contributed by atoms with Crippen molar-refractivity contribution < 1.29 is 0 Å².